The summed E-state index contributed by atoms with van der Waals surface area (Å²) >= 11 is 0. The SMILES string of the molecule is COCCN(C)[C@H]1CCCc2ccccc21. The smallest absolute Gasteiger partial charge is 0.0589 e. The Morgan fingerprint density at radius 1 is 1.38 bits per heavy atom. The van der Waals surface area contributed by atoms with Gasteiger partial charge in [-0.3, -0.25) is 4.90 Å². The van der Waals surface area contributed by atoms with Crippen molar-refractivity contribution >= 4 is 0 Å². The van der Waals surface area contributed by atoms with Crippen molar-refractivity contribution in [3.63, 3.8) is 0 Å². The third-order valence-electron chi connectivity index (χ3n) is 3.52. The van der Waals surface area contributed by atoms with Crippen LogP contribution in [0.3, 0.4) is 0 Å². The molecule has 0 saturated heterocycles. The molecule has 1 aliphatic carbocycles. The highest BCUT2D eigenvalue weighted by atomic mass is 16.5. The zero-order chi connectivity index (χ0) is 11.4. The van der Waals surface area contributed by atoms with Gasteiger partial charge in [-0.2, -0.15) is 0 Å². The first-order valence-corrected chi connectivity index (χ1v) is 6.10. The molecule has 0 amide bonds. The number of nitrogens with zero attached hydrogens (tertiary/aromatic N) is 1. The van der Waals surface area contributed by atoms with Crippen molar-refractivity contribution in [2.45, 2.75) is 25.3 Å². The Bertz CT molecular complexity index is 337. The Morgan fingerprint density at radius 2 is 2.19 bits per heavy atom. The average Bonchev–Trinajstić information content (AvgIpc) is 2.35. The van der Waals surface area contributed by atoms with Crippen molar-refractivity contribution in [1.82, 2.24) is 4.90 Å². The van der Waals surface area contributed by atoms with E-state index in [0.29, 0.717) is 6.04 Å². The van der Waals surface area contributed by atoms with E-state index < -0.39 is 0 Å². The highest BCUT2D eigenvalue weighted by Crippen LogP contribution is 2.33. The van der Waals surface area contributed by atoms with Crippen molar-refractivity contribution in [2.24, 2.45) is 0 Å². The highest BCUT2D eigenvalue weighted by molar-refractivity contribution is 5.32. The first-order chi connectivity index (χ1) is 7.83. The number of ether oxygens (including phenoxy) is 1. The van der Waals surface area contributed by atoms with Crippen molar-refractivity contribution in [1.29, 1.82) is 0 Å². The van der Waals surface area contributed by atoms with Crippen LogP contribution in [0.15, 0.2) is 24.3 Å². The van der Waals surface area contributed by atoms with Gasteiger partial charge in [0, 0.05) is 19.7 Å². The Hall–Kier alpha value is -0.860. The van der Waals surface area contributed by atoms with Gasteiger partial charge < -0.3 is 4.74 Å². The minimum atomic E-state index is 0.583. The summed E-state index contributed by atoms with van der Waals surface area (Å²) in [5.74, 6) is 0. The Balaban J connectivity index is 2.12. The van der Waals surface area contributed by atoms with E-state index in [1.54, 1.807) is 7.11 Å². The molecule has 0 unspecified atom stereocenters. The van der Waals surface area contributed by atoms with Gasteiger partial charge >= 0.3 is 0 Å². The molecule has 0 N–H and O–H groups in total. The largest absolute Gasteiger partial charge is 0.383 e. The van der Waals surface area contributed by atoms with Crippen molar-refractivity contribution in [3.05, 3.63) is 35.4 Å². The van der Waals surface area contributed by atoms with Crippen LogP contribution < -0.4 is 0 Å². The van der Waals surface area contributed by atoms with Crippen LogP contribution in [0.25, 0.3) is 0 Å². The molecule has 0 radical (unpaired) electrons. The van der Waals surface area contributed by atoms with E-state index in [4.69, 9.17) is 4.74 Å². The normalized spacial score (nSPS) is 19.8. The highest BCUT2D eigenvalue weighted by Gasteiger charge is 2.22. The molecule has 0 aliphatic heterocycles. The number of benzene rings is 1. The predicted octanol–water partition coefficient (Wildman–Crippen LogP) is 2.64. The summed E-state index contributed by atoms with van der Waals surface area (Å²) in [5.41, 5.74) is 3.05. The first kappa shape index (κ1) is 11.6. The van der Waals surface area contributed by atoms with E-state index in [-0.39, 0.29) is 0 Å². The first-order valence-electron chi connectivity index (χ1n) is 6.10. The molecule has 2 heteroatoms. The van der Waals surface area contributed by atoms with Crippen LogP contribution in [0, 0.1) is 0 Å². The van der Waals surface area contributed by atoms with Crippen molar-refractivity contribution in [2.75, 3.05) is 27.3 Å². The van der Waals surface area contributed by atoms with Gasteiger partial charge in [0.15, 0.2) is 0 Å². The van der Waals surface area contributed by atoms with Crippen molar-refractivity contribution < 1.29 is 4.74 Å². The van der Waals surface area contributed by atoms with Crippen LogP contribution in [0.2, 0.25) is 0 Å². The second-order valence-corrected chi connectivity index (χ2v) is 4.58. The number of hydrogen-bond donors (Lipinski definition) is 0. The van der Waals surface area contributed by atoms with Gasteiger partial charge in [-0.1, -0.05) is 24.3 Å². The van der Waals surface area contributed by atoms with Gasteiger partial charge in [-0.05, 0) is 37.4 Å². The summed E-state index contributed by atoms with van der Waals surface area (Å²) in [6, 6.07) is 9.44. The second-order valence-electron chi connectivity index (χ2n) is 4.58. The number of rotatable bonds is 4. The lowest BCUT2D eigenvalue weighted by atomic mass is 9.87. The third kappa shape index (κ3) is 2.45. The van der Waals surface area contributed by atoms with Gasteiger partial charge in [-0.25, -0.2) is 0 Å². The standard InChI is InChI=1S/C14H21NO/c1-15(10-11-16-2)14-9-5-7-12-6-3-4-8-13(12)14/h3-4,6,8,14H,5,7,9-11H2,1-2H3/t14-/m0/s1. The molecule has 0 spiro atoms. The van der Waals surface area contributed by atoms with Crippen LogP contribution >= 0.6 is 0 Å². The van der Waals surface area contributed by atoms with Gasteiger partial charge in [0.1, 0.15) is 0 Å². The Labute approximate surface area is 98.2 Å². The monoisotopic (exact) mass is 219 g/mol. The van der Waals surface area contributed by atoms with Gasteiger partial charge in [0.05, 0.1) is 6.61 Å². The van der Waals surface area contributed by atoms with Crippen LogP contribution in [0.1, 0.15) is 30.0 Å². The Morgan fingerprint density at radius 3 is 3.00 bits per heavy atom. The third-order valence-corrected chi connectivity index (χ3v) is 3.52. The number of likely N-dealkylation sites (N-methyl/N-ethyl adjacent to an activating group) is 1. The number of hydrogen-bond acceptors (Lipinski definition) is 2. The molecule has 0 fully saturated rings. The minimum absolute atomic E-state index is 0.583. The van der Waals surface area contributed by atoms with E-state index >= 15 is 0 Å². The molecule has 1 aliphatic rings. The molecular formula is C14H21NO. The lowest BCUT2D eigenvalue weighted by Gasteiger charge is -2.33. The van der Waals surface area contributed by atoms with Gasteiger partial charge in [-0.15, -0.1) is 0 Å². The fourth-order valence-corrected chi connectivity index (χ4v) is 2.58. The fourth-order valence-electron chi connectivity index (χ4n) is 2.58. The number of aryl methyl sites for hydroxylation is 1. The second kappa shape index (κ2) is 5.46. The summed E-state index contributed by atoms with van der Waals surface area (Å²) in [7, 11) is 3.97. The summed E-state index contributed by atoms with van der Waals surface area (Å²) in [5, 5.41) is 0. The predicted molar refractivity (Wildman–Crippen MR) is 66.6 cm³/mol. The summed E-state index contributed by atoms with van der Waals surface area (Å²) in [6.07, 6.45) is 3.82. The minimum Gasteiger partial charge on any atom is -0.383 e. The fraction of sp³-hybridized carbons (Fsp3) is 0.571. The van der Waals surface area contributed by atoms with Gasteiger partial charge in [0.25, 0.3) is 0 Å². The number of fused-ring (bicyclic) bond motifs is 1. The van der Waals surface area contributed by atoms with E-state index in [2.05, 4.69) is 36.2 Å². The summed E-state index contributed by atoms with van der Waals surface area (Å²) in [6.45, 7) is 1.82. The Kier molecular flexibility index (Phi) is 3.97. The zero-order valence-corrected chi connectivity index (χ0v) is 10.3. The average molecular weight is 219 g/mol. The van der Waals surface area contributed by atoms with Crippen LogP contribution in [0.4, 0.5) is 0 Å². The van der Waals surface area contributed by atoms with Crippen molar-refractivity contribution in [3.8, 4) is 0 Å². The maximum absolute atomic E-state index is 5.15. The molecule has 88 valence electrons. The molecule has 16 heavy (non-hydrogen) atoms. The van der Waals surface area contributed by atoms with Gasteiger partial charge in [0.2, 0.25) is 0 Å². The molecule has 1 aromatic carbocycles. The molecule has 0 bridgehead atoms. The van der Waals surface area contributed by atoms with Crippen LogP contribution in [-0.4, -0.2) is 32.2 Å². The maximum Gasteiger partial charge on any atom is 0.0589 e. The molecule has 0 aromatic heterocycles. The lowest BCUT2D eigenvalue weighted by Crippen LogP contribution is -2.30. The van der Waals surface area contributed by atoms with Crippen LogP contribution in [-0.2, 0) is 11.2 Å². The van der Waals surface area contributed by atoms with E-state index in [0.717, 1.165) is 13.2 Å². The molecule has 2 nitrogen and oxygen atoms in total. The molecule has 1 atom stereocenters. The molecule has 1 aromatic rings. The molecular weight excluding hydrogens is 198 g/mol. The topological polar surface area (TPSA) is 12.5 Å². The quantitative estimate of drug-likeness (QED) is 0.772. The summed E-state index contributed by atoms with van der Waals surface area (Å²) in [4.78, 5) is 2.42. The van der Waals surface area contributed by atoms with Crippen LogP contribution in [0.5, 0.6) is 0 Å². The maximum atomic E-state index is 5.15. The summed E-state index contributed by atoms with van der Waals surface area (Å²) < 4.78 is 5.15. The lowest BCUT2D eigenvalue weighted by molar-refractivity contribution is 0.132. The van der Waals surface area contributed by atoms with E-state index in [9.17, 15) is 0 Å². The zero-order valence-electron chi connectivity index (χ0n) is 10.3. The molecule has 0 heterocycles. The van der Waals surface area contributed by atoms with E-state index in [1.807, 2.05) is 0 Å². The number of methoxy groups -OCH3 is 1. The van der Waals surface area contributed by atoms with E-state index in [1.165, 1.54) is 30.4 Å². The molecule has 0 saturated carbocycles. The molecule has 2 rings (SSSR count).